The molecule has 0 saturated heterocycles. The van der Waals surface area contributed by atoms with E-state index in [9.17, 15) is 4.79 Å². The van der Waals surface area contributed by atoms with Crippen molar-refractivity contribution in [2.24, 2.45) is 5.92 Å². The number of amides is 1. The van der Waals surface area contributed by atoms with E-state index in [2.05, 4.69) is 20.4 Å². The summed E-state index contributed by atoms with van der Waals surface area (Å²) in [6.07, 6.45) is 4.59. The Bertz CT molecular complexity index is 891. The molecule has 0 radical (unpaired) electrons. The van der Waals surface area contributed by atoms with Crippen molar-refractivity contribution in [3.8, 4) is 11.6 Å². The van der Waals surface area contributed by atoms with Gasteiger partial charge in [0.25, 0.3) is 5.91 Å². The standard InChI is InChI=1S/C17H19N5O3/c1-11(2)9-25-15-7-14(18-10-19-15)21-17(23)12-8-20-22-6-4-5-13(24-3)16(12)22/h4-8,10-11H,9H2,1-3H3,(H,18,19,21,23). The van der Waals surface area contributed by atoms with Gasteiger partial charge in [0.2, 0.25) is 5.88 Å². The van der Waals surface area contributed by atoms with Crippen LogP contribution in [0.25, 0.3) is 5.52 Å². The van der Waals surface area contributed by atoms with Gasteiger partial charge >= 0.3 is 0 Å². The average Bonchev–Trinajstić information content (AvgIpc) is 3.04. The van der Waals surface area contributed by atoms with Crippen molar-refractivity contribution in [2.75, 3.05) is 19.0 Å². The van der Waals surface area contributed by atoms with Crippen LogP contribution in [0, 0.1) is 5.92 Å². The van der Waals surface area contributed by atoms with Crippen LogP contribution in [0.3, 0.4) is 0 Å². The lowest BCUT2D eigenvalue weighted by molar-refractivity contribution is 0.102. The molecule has 3 aromatic rings. The summed E-state index contributed by atoms with van der Waals surface area (Å²) in [7, 11) is 1.55. The fourth-order valence-electron chi connectivity index (χ4n) is 2.27. The molecule has 8 nitrogen and oxygen atoms in total. The van der Waals surface area contributed by atoms with Crippen LogP contribution in [0.15, 0.2) is 36.9 Å². The van der Waals surface area contributed by atoms with Crippen molar-refractivity contribution in [3.05, 3.63) is 42.5 Å². The van der Waals surface area contributed by atoms with Crippen LogP contribution in [0.5, 0.6) is 11.6 Å². The molecule has 3 aromatic heterocycles. The lowest BCUT2D eigenvalue weighted by atomic mass is 10.2. The predicted octanol–water partition coefficient (Wildman–Crippen LogP) is 2.42. The van der Waals surface area contributed by atoms with Gasteiger partial charge in [-0.3, -0.25) is 4.79 Å². The van der Waals surface area contributed by atoms with Crippen molar-refractivity contribution >= 4 is 17.2 Å². The lowest BCUT2D eigenvalue weighted by Gasteiger charge is -2.09. The van der Waals surface area contributed by atoms with E-state index in [4.69, 9.17) is 9.47 Å². The average molecular weight is 341 g/mol. The Hall–Kier alpha value is -3.16. The van der Waals surface area contributed by atoms with E-state index in [0.29, 0.717) is 41.1 Å². The number of methoxy groups -OCH3 is 1. The molecule has 3 heterocycles. The first-order chi connectivity index (χ1) is 12.1. The molecule has 1 amide bonds. The van der Waals surface area contributed by atoms with Crippen LogP contribution in [-0.4, -0.2) is 39.2 Å². The summed E-state index contributed by atoms with van der Waals surface area (Å²) in [5, 5.41) is 6.91. The molecule has 0 bridgehead atoms. The summed E-state index contributed by atoms with van der Waals surface area (Å²) in [5.74, 6) is 1.37. The van der Waals surface area contributed by atoms with Gasteiger partial charge in [0, 0.05) is 12.3 Å². The van der Waals surface area contributed by atoms with Crippen LogP contribution in [-0.2, 0) is 0 Å². The first kappa shape index (κ1) is 16.7. The van der Waals surface area contributed by atoms with Gasteiger partial charge in [0.15, 0.2) is 0 Å². The van der Waals surface area contributed by atoms with E-state index in [1.807, 2.05) is 13.8 Å². The summed E-state index contributed by atoms with van der Waals surface area (Å²) in [6, 6.07) is 5.16. The first-order valence-corrected chi connectivity index (χ1v) is 7.85. The van der Waals surface area contributed by atoms with E-state index >= 15 is 0 Å². The van der Waals surface area contributed by atoms with Gasteiger partial charge in [0.05, 0.1) is 25.5 Å². The minimum Gasteiger partial charge on any atom is -0.494 e. The highest BCUT2D eigenvalue weighted by molar-refractivity contribution is 6.09. The molecule has 0 spiro atoms. The molecule has 8 heteroatoms. The molecule has 0 atom stereocenters. The van der Waals surface area contributed by atoms with E-state index in [1.165, 1.54) is 12.5 Å². The van der Waals surface area contributed by atoms with Crippen LogP contribution in [0.2, 0.25) is 0 Å². The molecule has 3 rings (SSSR count). The number of carbonyl (C=O) groups excluding carboxylic acids is 1. The summed E-state index contributed by atoms with van der Waals surface area (Å²) in [4.78, 5) is 20.7. The number of nitrogens with one attached hydrogen (secondary N) is 1. The smallest absolute Gasteiger partial charge is 0.260 e. The topological polar surface area (TPSA) is 90.6 Å². The van der Waals surface area contributed by atoms with Gasteiger partial charge in [-0.2, -0.15) is 5.10 Å². The fraction of sp³-hybridized carbons (Fsp3) is 0.294. The minimum atomic E-state index is -0.340. The number of aromatic nitrogens is 4. The summed E-state index contributed by atoms with van der Waals surface area (Å²) >= 11 is 0. The molecule has 0 aliphatic rings. The summed E-state index contributed by atoms with van der Waals surface area (Å²) in [6.45, 7) is 4.63. The monoisotopic (exact) mass is 341 g/mol. The third-order valence-corrected chi connectivity index (χ3v) is 3.42. The van der Waals surface area contributed by atoms with Gasteiger partial charge in [-0.1, -0.05) is 13.8 Å². The largest absolute Gasteiger partial charge is 0.494 e. The molecule has 0 aromatic carbocycles. The molecular formula is C17H19N5O3. The van der Waals surface area contributed by atoms with E-state index in [-0.39, 0.29) is 5.91 Å². The van der Waals surface area contributed by atoms with Crippen LogP contribution < -0.4 is 14.8 Å². The summed E-state index contributed by atoms with van der Waals surface area (Å²) in [5.41, 5.74) is 0.980. The molecule has 130 valence electrons. The Balaban J connectivity index is 1.82. The number of pyridine rings is 1. The maximum atomic E-state index is 12.6. The second-order valence-corrected chi connectivity index (χ2v) is 5.83. The number of nitrogens with zero attached hydrogens (tertiary/aromatic N) is 4. The molecule has 1 N–H and O–H groups in total. The van der Waals surface area contributed by atoms with Crippen molar-refractivity contribution in [2.45, 2.75) is 13.8 Å². The Morgan fingerprint density at radius 3 is 2.96 bits per heavy atom. The van der Waals surface area contributed by atoms with E-state index < -0.39 is 0 Å². The van der Waals surface area contributed by atoms with Gasteiger partial charge < -0.3 is 14.8 Å². The zero-order valence-electron chi connectivity index (χ0n) is 14.3. The Morgan fingerprint density at radius 2 is 2.20 bits per heavy atom. The molecule has 0 fully saturated rings. The van der Waals surface area contributed by atoms with Crippen LogP contribution in [0.1, 0.15) is 24.2 Å². The normalized spacial score (nSPS) is 10.9. The number of rotatable bonds is 6. The van der Waals surface area contributed by atoms with Gasteiger partial charge in [0.1, 0.15) is 23.4 Å². The number of fused-ring (bicyclic) bond motifs is 1. The fourth-order valence-corrected chi connectivity index (χ4v) is 2.27. The van der Waals surface area contributed by atoms with Crippen molar-refractivity contribution in [3.63, 3.8) is 0 Å². The third-order valence-electron chi connectivity index (χ3n) is 3.42. The predicted molar refractivity (Wildman–Crippen MR) is 92.1 cm³/mol. The number of ether oxygens (including phenoxy) is 2. The molecule has 0 saturated carbocycles. The Kier molecular flexibility index (Phi) is 4.78. The maximum Gasteiger partial charge on any atom is 0.260 e. The van der Waals surface area contributed by atoms with Gasteiger partial charge in [-0.15, -0.1) is 0 Å². The zero-order chi connectivity index (χ0) is 17.8. The highest BCUT2D eigenvalue weighted by Crippen LogP contribution is 2.23. The number of hydrogen-bond donors (Lipinski definition) is 1. The quantitative estimate of drug-likeness (QED) is 0.740. The van der Waals surface area contributed by atoms with Crippen LogP contribution in [0.4, 0.5) is 5.82 Å². The molecule has 0 aliphatic heterocycles. The molecule has 0 aliphatic carbocycles. The number of carbonyl (C=O) groups is 1. The minimum absolute atomic E-state index is 0.340. The van der Waals surface area contributed by atoms with Crippen molar-refractivity contribution in [1.82, 2.24) is 19.6 Å². The SMILES string of the molecule is COc1cccn2ncc(C(=O)Nc3cc(OCC(C)C)ncn3)c12. The third kappa shape index (κ3) is 3.68. The zero-order valence-corrected chi connectivity index (χ0v) is 14.3. The molecule has 25 heavy (non-hydrogen) atoms. The number of hydrogen-bond acceptors (Lipinski definition) is 6. The van der Waals surface area contributed by atoms with E-state index in [0.717, 1.165) is 0 Å². The van der Waals surface area contributed by atoms with E-state index in [1.54, 1.807) is 36.0 Å². The second-order valence-electron chi connectivity index (χ2n) is 5.83. The Labute approximate surface area is 144 Å². The number of anilines is 1. The molecular weight excluding hydrogens is 322 g/mol. The highest BCUT2D eigenvalue weighted by atomic mass is 16.5. The first-order valence-electron chi connectivity index (χ1n) is 7.85. The second kappa shape index (κ2) is 7.16. The van der Waals surface area contributed by atoms with Crippen molar-refractivity contribution < 1.29 is 14.3 Å². The summed E-state index contributed by atoms with van der Waals surface area (Å²) < 4.78 is 12.5. The Morgan fingerprint density at radius 1 is 1.36 bits per heavy atom. The van der Waals surface area contributed by atoms with Crippen LogP contribution >= 0.6 is 0 Å². The van der Waals surface area contributed by atoms with Gasteiger partial charge in [-0.05, 0) is 18.1 Å². The highest BCUT2D eigenvalue weighted by Gasteiger charge is 2.17. The maximum absolute atomic E-state index is 12.6. The molecule has 0 unspecified atom stereocenters. The van der Waals surface area contributed by atoms with Crippen molar-refractivity contribution in [1.29, 1.82) is 0 Å². The lowest BCUT2D eigenvalue weighted by Crippen LogP contribution is -2.13. The van der Waals surface area contributed by atoms with Gasteiger partial charge in [-0.25, -0.2) is 14.5 Å².